The molecule has 2 amide bonds. The zero-order chi connectivity index (χ0) is 21.0. The summed E-state index contributed by atoms with van der Waals surface area (Å²) in [6, 6.07) is 5.14. The number of benzene rings is 1. The quantitative estimate of drug-likeness (QED) is 0.455. The van der Waals surface area contributed by atoms with Crippen LogP contribution < -0.4 is 16.4 Å². The molecule has 2 aromatic heterocycles. The molecule has 0 spiro atoms. The highest BCUT2D eigenvalue weighted by Crippen LogP contribution is 2.26. The zero-order valence-electron chi connectivity index (χ0n) is 15.6. The summed E-state index contributed by atoms with van der Waals surface area (Å²) in [6.45, 7) is 1.07. The highest BCUT2D eigenvalue weighted by Gasteiger charge is 2.39. The molecule has 4 heterocycles. The van der Waals surface area contributed by atoms with Gasteiger partial charge in [-0.1, -0.05) is 6.07 Å². The molecule has 11 nitrogen and oxygen atoms in total. The van der Waals surface area contributed by atoms with E-state index in [2.05, 4.69) is 15.3 Å². The Hall–Kier alpha value is -3.86. The van der Waals surface area contributed by atoms with Gasteiger partial charge in [0, 0.05) is 19.3 Å². The van der Waals surface area contributed by atoms with Gasteiger partial charge in [-0.2, -0.15) is 0 Å². The number of nitrogens with one attached hydrogen (secondary N) is 3. The van der Waals surface area contributed by atoms with E-state index in [1.165, 1.54) is 15.7 Å². The van der Waals surface area contributed by atoms with Crippen LogP contribution in [0.15, 0.2) is 34.0 Å². The fourth-order valence-corrected chi connectivity index (χ4v) is 3.86. The van der Waals surface area contributed by atoms with Crippen LogP contribution in [-0.4, -0.2) is 55.7 Å². The van der Waals surface area contributed by atoms with E-state index < -0.39 is 29.2 Å². The van der Waals surface area contributed by atoms with Gasteiger partial charge in [0.05, 0.1) is 24.2 Å². The first-order valence-corrected chi connectivity index (χ1v) is 9.30. The molecular weight excluding hydrogens is 394 g/mol. The number of amides is 2. The Morgan fingerprint density at radius 1 is 1.23 bits per heavy atom. The lowest BCUT2D eigenvalue weighted by molar-refractivity contribution is 0.00845. The monoisotopic (exact) mass is 411 g/mol. The van der Waals surface area contributed by atoms with Gasteiger partial charge in [-0.25, -0.2) is 4.79 Å². The van der Waals surface area contributed by atoms with Gasteiger partial charge in [0.25, 0.3) is 11.8 Å². The van der Waals surface area contributed by atoms with Gasteiger partial charge in [0.2, 0.25) is 5.43 Å². The summed E-state index contributed by atoms with van der Waals surface area (Å²) in [4.78, 5) is 55.8. The lowest BCUT2D eigenvalue weighted by atomic mass is 10.1. The fourth-order valence-electron chi connectivity index (χ4n) is 3.86. The number of H-pyrrole nitrogens is 2. The van der Waals surface area contributed by atoms with E-state index in [1.807, 2.05) is 0 Å². The van der Waals surface area contributed by atoms with Crippen molar-refractivity contribution >= 4 is 22.8 Å². The SMILES string of the molecule is O=C(NCc1ccc2[nH]c(=O)[nH]c2c1)c1cn2c(c(O)c1=O)C(=O)N1CCOC1C2. The van der Waals surface area contributed by atoms with Crippen molar-refractivity contribution in [3.63, 3.8) is 0 Å². The van der Waals surface area contributed by atoms with Crippen LogP contribution in [0.2, 0.25) is 0 Å². The Morgan fingerprint density at radius 3 is 2.87 bits per heavy atom. The highest BCUT2D eigenvalue weighted by molar-refractivity contribution is 5.99. The third-order valence-electron chi connectivity index (χ3n) is 5.34. The Bertz CT molecular complexity index is 1320. The molecule has 1 aromatic carbocycles. The van der Waals surface area contributed by atoms with Gasteiger partial charge in [-0.05, 0) is 17.7 Å². The lowest BCUT2D eigenvalue weighted by Gasteiger charge is -2.31. The number of carbonyl (C=O) groups excluding carboxylic acids is 2. The van der Waals surface area contributed by atoms with Crippen molar-refractivity contribution < 1.29 is 19.4 Å². The summed E-state index contributed by atoms with van der Waals surface area (Å²) >= 11 is 0. The summed E-state index contributed by atoms with van der Waals surface area (Å²) in [6.07, 6.45) is 0.786. The zero-order valence-corrected chi connectivity index (χ0v) is 15.6. The molecule has 1 fully saturated rings. The molecule has 2 aliphatic rings. The Labute approximate surface area is 167 Å². The van der Waals surface area contributed by atoms with Crippen LogP contribution in [0.1, 0.15) is 26.4 Å². The van der Waals surface area contributed by atoms with E-state index >= 15 is 0 Å². The molecule has 4 N–H and O–H groups in total. The Balaban J connectivity index is 1.41. The normalized spacial score (nSPS) is 17.8. The number of aromatic hydroxyl groups is 1. The maximum Gasteiger partial charge on any atom is 0.323 e. The molecule has 1 unspecified atom stereocenters. The molecule has 2 aliphatic heterocycles. The smallest absolute Gasteiger partial charge is 0.323 e. The Kier molecular flexibility index (Phi) is 4.00. The second kappa shape index (κ2) is 6.59. The average molecular weight is 411 g/mol. The van der Waals surface area contributed by atoms with E-state index in [1.54, 1.807) is 18.2 Å². The summed E-state index contributed by atoms with van der Waals surface area (Å²) in [5.41, 5.74) is 0.295. The maximum atomic E-state index is 12.6. The van der Waals surface area contributed by atoms with E-state index in [4.69, 9.17) is 4.74 Å². The third kappa shape index (κ3) is 2.78. The predicted octanol–water partition coefficient (Wildman–Crippen LogP) is -0.534. The van der Waals surface area contributed by atoms with E-state index in [0.29, 0.717) is 29.7 Å². The standard InChI is InChI=1S/C19H17N5O6/c25-15-10(7-23-8-13-24(3-4-30-13)18(28)14(23)16(15)26)17(27)20-6-9-1-2-11-12(5-9)22-19(29)21-11/h1-2,5,7,13,26H,3-4,6,8H2,(H,20,27)(H2,21,22,29). The first kappa shape index (κ1) is 18.2. The van der Waals surface area contributed by atoms with Crippen LogP contribution in [0.25, 0.3) is 11.0 Å². The average Bonchev–Trinajstić information content (AvgIpc) is 3.33. The van der Waals surface area contributed by atoms with Crippen molar-refractivity contribution in [2.24, 2.45) is 0 Å². The first-order valence-electron chi connectivity index (χ1n) is 9.30. The molecule has 30 heavy (non-hydrogen) atoms. The van der Waals surface area contributed by atoms with Crippen LogP contribution in [-0.2, 0) is 17.8 Å². The van der Waals surface area contributed by atoms with Crippen molar-refractivity contribution in [2.75, 3.05) is 13.2 Å². The number of hydrogen-bond donors (Lipinski definition) is 4. The number of imidazole rings is 1. The molecule has 3 aromatic rings. The van der Waals surface area contributed by atoms with Crippen LogP contribution in [0, 0.1) is 0 Å². The second-order valence-electron chi connectivity index (χ2n) is 7.19. The second-order valence-corrected chi connectivity index (χ2v) is 7.19. The van der Waals surface area contributed by atoms with E-state index in [0.717, 1.165) is 0 Å². The third-order valence-corrected chi connectivity index (χ3v) is 5.34. The number of ether oxygens (including phenoxy) is 1. The topological polar surface area (TPSA) is 150 Å². The molecule has 5 rings (SSSR count). The van der Waals surface area contributed by atoms with Gasteiger partial charge < -0.3 is 34.6 Å². The van der Waals surface area contributed by atoms with Crippen molar-refractivity contribution in [3.8, 4) is 5.75 Å². The van der Waals surface area contributed by atoms with Gasteiger partial charge in [0.1, 0.15) is 5.56 Å². The van der Waals surface area contributed by atoms with Crippen LogP contribution in [0.3, 0.4) is 0 Å². The summed E-state index contributed by atoms with van der Waals surface area (Å²) < 4.78 is 6.88. The number of fused-ring (bicyclic) bond motifs is 3. The van der Waals surface area contributed by atoms with Gasteiger partial charge in [-0.15, -0.1) is 0 Å². The van der Waals surface area contributed by atoms with Crippen LogP contribution in [0.5, 0.6) is 5.75 Å². The molecule has 0 radical (unpaired) electrons. The minimum absolute atomic E-state index is 0.0996. The van der Waals surface area contributed by atoms with Crippen molar-refractivity contribution in [3.05, 3.63) is 61.9 Å². The number of nitrogens with zero attached hydrogens (tertiary/aromatic N) is 2. The van der Waals surface area contributed by atoms with Gasteiger partial charge in [0.15, 0.2) is 17.7 Å². The van der Waals surface area contributed by atoms with Gasteiger partial charge >= 0.3 is 5.69 Å². The summed E-state index contributed by atoms with van der Waals surface area (Å²) in [5.74, 6) is -1.93. The number of rotatable bonds is 3. The van der Waals surface area contributed by atoms with E-state index in [-0.39, 0.29) is 30.0 Å². The molecule has 1 saturated heterocycles. The van der Waals surface area contributed by atoms with Crippen LogP contribution >= 0.6 is 0 Å². The molecular formula is C19H17N5O6. The molecule has 1 atom stereocenters. The number of aromatic amines is 2. The molecule has 0 saturated carbocycles. The number of pyridine rings is 1. The van der Waals surface area contributed by atoms with E-state index in [9.17, 15) is 24.3 Å². The fraction of sp³-hybridized carbons (Fsp3) is 0.263. The molecule has 154 valence electrons. The minimum atomic E-state index is -0.906. The largest absolute Gasteiger partial charge is 0.503 e. The number of aromatic nitrogens is 3. The van der Waals surface area contributed by atoms with Gasteiger partial charge in [-0.3, -0.25) is 14.4 Å². The summed E-state index contributed by atoms with van der Waals surface area (Å²) in [5, 5.41) is 13.0. The lowest BCUT2D eigenvalue weighted by Crippen LogP contribution is -2.46. The van der Waals surface area contributed by atoms with Crippen LogP contribution in [0.4, 0.5) is 0 Å². The van der Waals surface area contributed by atoms with Crippen molar-refractivity contribution in [1.82, 2.24) is 24.8 Å². The number of hydrogen-bond acceptors (Lipinski definition) is 6. The number of carbonyl (C=O) groups is 2. The minimum Gasteiger partial charge on any atom is -0.503 e. The highest BCUT2D eigenvalue weighted by atomic mass is 16.5. The first-order chi connectivity index (χ1) is 14.4. The molecule has 0 bridgehead atoms. The Morgan fingerprint density at radius 2 is 2.03 bits per heavy atom. The summed E-state index contributed by atoms with van der Waals surface area (Å²) in [7, 11) is 0. The van der Waals surface area contributed by atoms with Crippen molar-refractivity contribution in [1.29, 1.82) is 0 Å². The van der Waals surface area contributed by atoms with Crippen molar-refractivity contribution in [2.45, 2.75) is 19.3 Å². The predicted molar refractivity (Wildman–Crippen MR) is 103 cm³/mol. The maximum absolute atomic E-state index is 12.6. The molecule has 0 aliphatic carbocycles. The molecule has 11 heteroatoms.